The highest BCUT2D eigenvalue weighted by atomic mass is 19.1. The monoisotopic (exact) mass is 318 g/mol. The molecule has 1 fully saturated rings. The van der Waals surface area contributed by atoms with Gasteiger partial charge in [0, 0.05) is 38.9 Å². The number of carbonyl (C=O) groups excluding carboxylic acids is 1. The quantitative estimate of drug-likeness (QED) is 0.861. The van der Waals surface area contributed by atoms with E-state index >= 15 is 0 Å². The molecule has 2 aromatic heterocycles. The minimum absolute atomic E-state index is 0.0653. The van der Waals surface area contributed by atoms with Crippen LogP contribution in [0.5, 0.6) is 0 Å². The van der Waals surface area contributed by atoms with Crippen molar-refractivity contribution in [1.29, 1.82) is 0 Å². The molecule has 1 aliphatic heterocycles. The predicted molar refractivity (Wildman–Crippen MR) is 86.7 cm³/mol. The Morgan fingerprint density at radius 3 is 2.70 bits per heavy atom. The molecule has 23 heavy (non-hydrogen) atoms. The van der Waals surface area contributed by atoms with Crippen molar-refractivity contribution in [3.8, 4) is 0 Å². The van der Waals surface area contributed by atoms with Crippen LogP contribution in [0.4, 0.5) is 10.2 Å². The van der Waals surface area contributed by atoms with Gasteiger partial charge in [0.1, 0.15) is 5.65 Å². The van der Waals surface area contributed by atoms with E-state index in [1.807, 2.05) is 11.8 Å². The van der Waals surface area contributed by atoms with E-state index in [2.05, 4.69) is 10.3 Å². The molecule has 122 valence electrons. The van der Waals surface area contributed by atoms with E-state index in [4.69, 9.17) is 0 Å². The number of aromatic nitrogens is 2. The topological polar surface area (TPSA) is 67.2 Å². The number of anilines is 1. The Morgan fingerprint density at radius 2 is 2.09 bits per heavy atom. The first kappa shape index (κ1) is 15.6. The molecule has 2 aromatic rings. The molecular weight excluding hydrogens is 299 g/mol. The molecule has 0 aromatic carbocycles. The van der Waals surface area contributed by atoms with Crippen molar-refractivity contribution in [3.05, 3.63) is 33.9 Å². The van der Waals surface area contributed by atoms with Gasteiger partial charge in [-0.3, -0.25) is 9.59 Å². The third-order valence-corrected chi connectivity index (χ3v) is 4.12. The zero-order valence-corrected chi connectivity index (χ0v) is 13.2. The smallest absolute Gasteiger partial charge is 0.201 e. The van der Waals surface area contributed by atoms with Crippen LogP contribution in [0, 0.1) is 5.82 Å². The van der Waals surface area contributed by atoms with Crippen LogP contribution in [-0.4, -0.2) is 41.5 Å². The Bertz CT molecular complexity index is 825. The number of nitrogens with one attached hydrogen (secondary N) is 1. The van der Waals surface area contributed by atoms with Crippen molar-refractivity contribution in [2.45, 2.75) is 20.4 Å². The predicted octanol–water partition coefficient (Wildman–Crippen LogP) is 1.17. The van der Waals surface area contributed by atoms with Crippen molar-refractivity contribution in [2.75, 3.05) is 31.1 Å². The van der Waals surface area contributed by atoms with Crippen LogP contribution in [0.1, 0.15) is 24.2 Å². The molecule has 0 aliphatic carbocycles. The molecule has 0 spiro atoms. The molecule has 1 saturated heterocycles. The molecule has 0 atom stereocenters. The molecule has 0 unspecified atom stereocenters. The maximum Gasteiger partial charge on any atom is 0.201 e. The Kier molecular flexibility index (Phi) is 4.12. The number of pyridine rings is 2. The van der Waals surface area contributed by atoms with Crippen molar-refractivity contribution < 1.29 is 9.18 Å². The maximum absolute atomic E-state index is 14.5. The lowest BCUT2D eigenvalue weighted by molar-refractivity contribution is 0.101. The average molecular weight is 318 g/mol. The summed E-state index contributed by atoms with van der Waals surface area (Å²) in [5.41, 5.74) is 0.0170. The van der Waals surface area contributed by atoms with Gasteiger partial charge in [-0.15, -0.1) is 0 Å². The standard InChI is InChI=1S/C16H19FN4O2/c1-3-20-9-12(10(2)22)14(23)11-8-13(17)16(19-15(11)20)21-6-4-18-5-7-21/h8-9,18H,3-7H2,1-2H3. The van der Waals surface area contributed by atoms with E-state index in [1.54, 1.807) is 4.57 Å². The number of aryl methyl sites for hydroxylation is 1. The van der Waals surface area contributed by atoms with Crippen molar-refractivity contribution in [2.24, 2.45) is 0 Å². The van der Waals surface area contributed by atoms with Crippen LogP contribution < -0.4 is 15.6 Å². The van der Waals surface area contributed by atoms with Gasteiger partial charge in [0.2, 0.25) is 5.43 Å². The second kappa shape index (κ2) is 6.08. The zero-order chi connectivity index (χ0) is 16.6. The second-order valence-corrected chi connectivity index (χ2v) is 5.62. The lowest BCUT2D eigenvalue weighted by Crippen LogP contribution is -2.44. The molecule has 1 aliphatic rings. The SMILES string of the molecule is CCn1cc(C(C)=O)c(=O)c2cc(F)c(N3CCNCC3)nc21. The molecule has 1 N–H and O–H groups in total. The molecule has 3 rings (SSSR count). The summed E-state index contributed by atoms with van der Waals surface area (Å²) in [6.45, 7) is 6.63. The summed E-state index contributed by atoms with van der Waals surface area (Å²) in [5, 5.41) is 3.36. The fourth-order valence-electron chi connectivity index (χ4n) is 2.87. The normalized spacial score (nSPS) is 15.2. The maximum atomic E-state index is 14.5. The number of hydrogen-bond donors (Lipinski definition) is 1. The van der Waals surface area contributed by atoms with Crippen LogP contribution in [0.25, 0.3) is 11.0 Å². The number of hydrogen-bond acceptors (Lipinski definition) is 5. The number of piperazine rings is 1. The summed E-state index contributed by atoms with van der Waals surface area (Å²) < 4.78 is 16.2. The summed E-state index contributed by atoms with van der Waals surface area (Å²) in [7, 11) is 0. The summed E-state index contributed by atoms with van der Waals surface area (Å²) in [6.07, 6.45) is 1.51. The first-order valence-electron chi connectivity index (χ1n) is 7.73. The Hall–Kier alpha value is -2.28. The van der Waals surface area contributed by atoms with Gasteiger partial charge in [-0.05, 0) is 19.9 Å². The molecule has 0 amide bonds. The molecule has 7 heteroatoms. The fraction of sp³-hybridized carbons (Fsp3) is 0.438. The van der Waals surface area contributed by atoms with Gasteiger partial charge in [0.25, 0.3) is 0 Å². The van der Waals surface area contributed by atoms with E-state index in [9.17, 15) is 14.0 Å². The highest BCUT2D eigenvalue weighted by Crippen LogP contribution is 2.21. The van der Waals surface area contributed by atoms with Crippen LogP contribution >= 0.6 is 0 Å². The Balaban J connectivity index is 2.24. The Morgan fingerprint density at radius 1 is 1.39 bits per heavy atom. The van der Waals surface area contributed by atoms with E-state index in [-0.39, 0.29) is 22.6 Å². The molecule has 0 bridgehead atoms. The van der Waals surface area contributed by atoms with E-state index < -0.39 is 11.2 Å². The Labute approximate surface area is 132 Å². The molecule has 0 radical (unpaired) electrons. The van der Waals surface area contributed by atoms with Gasteiger partial charge < -0.3 is 14.8 Å². The zero-order valence-electron chi connectivity index (χ0n) is 13.2. The van der Waals surface area contributed by atoms with Crippen LogP contribution in [0.15, 0.2) is 17.1 Å². The number of nitrogens with zero attached hydrogens (tertiary/aromatic N) is 3. The van der Waals surface area contributed by atoms with Gasteiger partial charge in [-0.25, -0.2) is 9.37 Å². The van der Waals surface area contributed by atoms with Crippen molar-refractivity contribution in [1.82, 2.24) is 14.9 Å². The number of rotatable bonds is 3. The van der Waals surface area contributed by atoms with Crippen LogP contribution in [0.3, 0.4) is 0 Å². The highest BCUT2D eigenvalue weighted by Gasteiger charge is 2.20. The minimum Gasteiger partial charge on any atom is -0.352 e. The molecule has 3 heterocycles. The molecule has 6 nitrogen and oxygen atoms in total. The third-order valence-electron chi connectivity index (χ3n) is 4.12. The lowest BCUT2D eigenvalue weighted by atomic mass is 10.1. The number of ketones is 1. The van der Waals surface area contributed by atoms with Crippen LogP contribution in [-0.2, 0) is 6.54 Å². The number of halogens is 1. The van der Waals surface area contributed by atoms with Gasteiger partial charge in [0.05, 0.1) is 10.9 Å². The first-order valence-corrected chi connectivity index (χ1v) is 7.73. The van der Waals surface area contributed by atoms with Gasteiger partial charge in [-0.1, -0.05) is 0 Å². The van der Waals surface area contributed by atoms with Gasteiger partial charge >= 0.3 is 0 Å². The molecular formula is C16H19FN4O2. The summed E-state index contributed by atoms with van der Waals surface area (Å²) >= 11 is 0. The van der Waals surface area contributed by atoms with Gasteiger partial charge in [0.15, 0.2) is 17.4 Å². The second-order valence-electron chi connectivity index (χ2n) is 5.62. The van der Waals surface area contributed by atoms with Crippen molar-refractivity contribution >= 4 is 22.6 Å². The average Bonchev–Trinajstić information content (AvgIpc) is 2.55. The number of carbonyl (C=O) groups is 1. The molecule has 0 saturated carbocycles. The first-order chi connectivity index (χ1) is 11.0. The van der Waals surface area contributed by atoms with E-state index in [0.29, 0.717) is 25.3 Å². The number of Topliss-reactive ketones (excluding diaryl/α,β-unsaturated/α-hetero) is 1. The number of fused-ring (bicyclic) bond motifs is 1. The van der Waals surface area contributed by atoms with E-state index in [1.165, 1.54) is 19.2 Å². The van der Waals surface area contributed by atoms with Crippen molar-refractivity contribution in [3.63, 3.8) is 0 Å². The summed E-state index contributed by atoms with van der Waals surface area (Å²) in [5.74, 6) is -0.596. The fourth-order valence-corrected chi connectivity index (χ4v) is 2.87. The summed E-state index contributed by atoms with van der Waals surface area (Å²) in [4.78, 5) is 30.3. The highest BCUT2D eigenvalue weighted by molar-refractivity contribution is 5.96. The lowest BCUT2D eigenvalue weighted by Gasteiger charge is -2.29. The summed E-state index contributed by atoms with van der Waals surface area (Å²) in [6, 6.07) is 1.21. The third kappa shape index (κ3) is 2.72. The van der Waals surface area contributed by atoms with Crippen LogP contribution in [0.2, 0.25) is 0 Å². The minimum atomic E-state index is -0.528. The van der Waals surface area contributed by atoms with Gasteiger partial charge in [-0.2, -0.15) is 0 Å². The van der Waals surface area contributed by atoms with E-state index in [0.717, 1.165) is 13.1 Å². The largest absolute Gasteiger partial charge is 0.352 e.